The Morgan fingerprint density at radius 1 is 1.18 bits per heavy atom. The van der Waals surface area contributed by atoms with Crippen LogP contribution in [-0.4, -0.2) is 30.5 Å². The number of carbonyl (C=O) groups is 2. The van der Waals surface area contributed by atoms with E-state index in [1.165, 1.54) is 11.3 Å². The molecule has 1 N–H and O–H groups in total. The molecule has 4 rings (SSSR count). The molecule has 0 radical (unpaired) electrons. The molecule has 0 saturated carbocycles. The van der Waals surface area contributed by atoms with E-state index in [4.69, 9.17) is 4.74 Å². The first kappa shape index (κ1) is 18.2. The fourth-order valence-electron chi connectivity index (χ4n) is 3.25. The molecule has 3 aromatic rings. The van der Waals surface area contributed by atoms with Gasteiger partial charge in [-0.15, -0.1) is 11.3 Å². The summed E-state index contributed by atoms with van der Waals surface area (Å²) in [4.78, 5) is 31.3. The molecule has 1 saturated heterocycles. The van der Waals surface area contributed by atoms with Gasteiger partial charge in [0.15, 0.2) is 5.13 Å². The number of amides is 2. The molecular weight excluding hydrogens is 374 g/mol. The number of thiazole rings is 1. The summed E-state index contributed by atoms with van der Waals surface area (Å²) in [5, 5.41) is 5.30. The van der Waals surface area contributed by atoms with Crippen molar-refractivity contribution in [3.05, 3.63) is 60.0 Å². The minimum absolute atomic E-state index is 0.0891. The quantitative estimate of drug-likeness (QED) is 0.716. The van der Waals surface area contributed by atoms with E-state index in [0.29, 0.717) is 23.1 Å². The van der Waals surface area contributed by atoms with Gasteiger partial charge in [-0.2, -0.15) is 0 Å². The van der Waals surface area contributed by atoms with Gasteiger partial charge in [-0.1, -0.05) is 42.5 Å². The lowest BCUT2D eigenvalue weighted by molar-refractivity contribution is -0.122. The van der Waals surface area contributed by atoms with Crippen LogP contribution in [0.2, 0.25) is 0 Å². The number of methoxy groups -OCH3 is 1. The maximum atomic E-state index is 12.7. The van der Waals surface area contributed by atoms with Crippen molar-refractivity contribution >= 4 is 34.0 Å². The van der Waals surface area contributed by atoms with Crippen LogP contribution in [-0.2, 0) is 9.59 Å². The summed E-state index contributed by atoms with van der Waals surface area (Å²) < 4.78 is 5.34. The van der Waals surface area contributed by atoms with Gasteiger partial charge in [0.25, 0.3) is 0 Å². The SMILES string of the molecule is COc1ccccc1N1CC(C(=O)Nc2nc(-c3ccccc3)cs2)CC1=O. The second kappa shape index (κ2) is 7.82. The van der Waals surface area contributed by atoms with E-state index in [1.54, 1.807) is 18.1 Å². The first-order valence-electron chi connectivity index (χ1n) is 8.91. The number of hydrogen-bond donors (Lipinski definition) is 1. The van der Waals surface area contributed by atoms with Gasteiger partial charge in [-0.25, -0.2) is 4.98 Å². The Kier molecular flexibility index (Phi) is 5.08. The topological polar surface area (TPSA) is 71.5 Å². The second-order valence-electron chi connectivity index (χ2n) is 6.47. The van der Waals surface area contributed by atoms with Crippen LogP contribution in [0.4, 0.5) is 10.8 Å². The van der Waals surface area contributed by atoms with Gasteiger partial charge in [0.05, 0.1) is 24.4 Å². The van der Waals surface area contributed by atoms with E-state index in [2.05, 4.69) is 10.3 Å². The van der Waals surface area contributed by atoms with Crippen LogP contribution in [0.5, 0.6) is 5.75 Å². The lowest BCUT2D eigenvalue weighted by Gasteiger charge is -2.19. The van der Waals surface area contributed by atoms with Crippen molar-refractivity contribution in [3.63, 3.8) is 0 Å². The predicted octanol–water partition coefficient (Wildman–Crippen LogP) is 3.81. The van der Waals surface area contributed by atoms with Crippen molar-refractivity contribution in [2.24, 2.45) is 5.92 Å². The minimum Gasteiger partial charge on any atom is -0.495 e. The van der Waals surface area contributed by atoms with Crippen LogP contribution in [0, 0.1) is 5.92 Å². The molecule has 142 valence electrons. The van der Waals surface area contributed by atoms with Gasteiger partial charge < -0.3 is 15.0 Å². The van der Waals surface area contributed by atoms with E-state index < -0.39 is 5.92 Å². The molecule has 0 bridgehead atoms. The third kappa shape index (κ3) is 3.61. The number of nitrogens with one attached hydrogen (secondary N) is 1. The molecule has 6 nitrogen and oxygen atoms in total. The lowest BCUT2D eigenvalue weighted by atomic mass is 10.1. The highest BCUT2D eigenvalue weighted by molar-refractivity contribution is 7.14. The molecule has 0 spiro atoms. The van der Waals surface area contributed by atoms with Crippen LogP contribution in [0.15, 0.2) is 60.0 Å². The number of carbonyl (C=O) groups excluding carboxylic acids is 2. The fourth-order valence-corrected chi connectivity index (χ4v) is 3.97. The summed E-state index contributed by atoms with van der Waals surface area (Å²) in [5.74, 6) is -0.0979. The Bertz CT molecular complexity index is 1000. The summed E-state index contributed by atoms with van der Waals surface area (Å²) in [7, 11) is 1.57. The normalized spacial score (nSPS) is 16.2. The van der Waals surface area contributed by atoms with Crippen molar-refractivity contribution < 1.29 is 14.3 Å². The van der Waals surface area contributed by atoms with E-state index in [0.717, 1.165) is 11.3 Å². The monoisotopic (exact) mass is 393 g/mol. The maximum Gasteiger partial charge on any atom is 0.231 e. The Morgan fingerprint density at radius 3 is 2.71 bits per heavy atom. The summed E-state index contributed by atoms with van der Waals surface area (Å²) in [6, 6.07) is 17.1. The van der Waals surface area contributed by atoms with Crippen molar-refractivity contribution in [2.75, 3.05) is 23.9 Å². The zero-order valence-corrected chi connectivity index (χ0v) is 16.1. The summed E-state index contributed by atoms with van der Waals surface area (Å²) in [5.41, 5.74) is 2.50. The lowest BCUT2D eigenvalue weighted by Crippen LogP contribution is -2.28. The molecule has 28 heavy (non-hydrogen) atoms. The van der Waals surface area contributed by atoms with Gasteiger partial charge in [0, 0.05) is 23.9 Å². The molecule has 1 aliphatic rings. The van der Waals surface area contributed by atoms with Gasteiger partial charge in [-0.05, 0) is 12.1 Å². The summed E-state index contributed by atoms with van der Waals surface area (Å²) in [6.07, 6.45) is 0.167. The molecular formula is C21H19N3O3S. The predicted molar refractivity (Wildman–Crippen MR) is 110 cm³/mol. The van der Waals surface area contributed by atoms with Crippen molar-refractivity contribution in [3.8, 4) is 17.0 Å². The van der Waals surface area contributed by atoms with Crippen molar-refractivity contribution in [1.29, 1.82) is 0 Å². The van der Waals surface area contributed by atoms with E-state index in [9.17, 15) is 9.59 Å². The number of para-hydroxylation sites is 2. The number of anilines is 2. The standard InChI is InChI=1S/C21H19N3O3S/c1-27-18-10-6-5-9-17(18)24-12-15(11-19(24)25)20(26)23-21-22-16(13-28-21)14-7-3-2-4-8-14/h2-10,13,15H,11-12H2,1H3,(H,22,23,26). The van der Waals surface area contributed by atoms with E-state index in [1.807, 2.05) is 53.9 Å². The molecule has 1 unspecified atom stereocenters. The van der Waals surface area contributed by atoms with Crippen LogP contribution in [0.1, 0.15) is 6.42 Å². The Balaban J connectivity index is 1.45. The number of aromatic nitrogens is 1. The average molecular weight is 393 g/mol. The highest BCUT2D eigenvalue weighted by Crippen LogP contribution is 2.33. The molecule has 1 aromatic heterocycles. The Labute approximate surface area is 166 Å². The number of ether oxygens (including phenoxy) is 1. The van der Waals surface area contributed by atoms with Crippen LogP contribution >= 0.6 is 11.3 Å². The van der Waals surface area contributed by atoms with Gasteiger partial charge in [0.2, 0.25) is 11.8 Å². The molecule has 2 heterocycles. The minimum atomic E-state index is -0.429. The number of nitrogens with zero attached hydrogens (tertiary/aromatic N) is 2. The molecule has 2 amide bonds. The van der Waals surface area contributed by atoms with Crippen LogP contribution < -0.4 is 15.0 Å². The third-order valence-electron chi connectivity index (χ3n) is 4.68. The average Bonchev–Trinajstić information content (AvgIpc) is 3.35. The van der Waals surface area contributed by atoms with E-state index in [-0.39, 0.29) is 18.2 Å². The first-order valence-corrected chi connectivity index (χ1v) is 9.79. The number of benzene rings is 2. The highest BCUT2D eigenvalue weighted by atomic mass is 32.1. The molecule has 2 aromatic carbocycles. The Hall–Kier alpha value is -3.19. The molecule has 7 heteroatoms. The third-order valence-corrected chi connectivity index (χ3v) is 5.43. The van der Waals surface area contributed by atoms with Gasteiger partial charge in [0.1, 0.15) is 5.75 Å². The molecule has 1 atom stereocenters. The zero-order chi connectivity index (χ0) is 19.5. The van der Waals surface area contributed by atoms with E-state index >= 15 is 0 Å². The molecule has 0 aliphatic carbocycles. The smallest absolute Gasteiger partial charge is 0.231 e. The zero-order valence-electron chi connectivity index (χ0n) is 15.3. The fraction of sp³-hybridized carbons (Fsp3) is 0.190. The second-order valence-corrected chi connectivity index (χ2v) is 7.33. The summed E-state index contributed by atoms with van der Waals surface area (Å²) >= 11 is 1.37. The van der Waals surface area contributed by atoms with Gasteiger partial charge >= 0.3 is 0 Å². The molecule has 1 fully saturated rings. The summed E-state index contributed by atoms with van der Waals surface area (Å²) in [6.45, 7) is 0.321. The van der Waals surface area contributed by atoms with Crippen LogP contribution in [0.3, 0.4) is 0 Å². The maximum absolute atomic E-state index is 12.7. The van der Waals surface area contributed by atoms with Crippen molar-refractivity contribution in [1.82, 2.24) is 4.98 Å². The first-order chi connectivity index (χ1) is 13.7. The number of rotatable bonds is 5. The van der Waals surface area contributed by atoms with Gasteiger partial charge in [-0.3, -0.25) is 9.59 Å². The Morgan fingerprint density at radius 2 is 1.93 bits per heavy atom. The van der Waals surface area contributed by atoms with Crippen LogP contribution in [0.25, 0.3) is 11.3 Å². The highest BCUT2D eigenvalue weighted by Gasteiger charge is 2.36. The number of hydrogen-bond acceptors (Lipinski definition) is 5. The van der Waals surface area contributed by atoms with Crippen molar-refractivity contribution in [2.45, 2.75) is 6.42 Å². The molecule has 1 aliphatic heterocycles. The largest absolute Gasteiger partial charge is 0.495 e.